The zero-order valence-electron chi connectivity index (χ0n) is 15.8. The predicted molar refractivity (Wildman–Crippen MR) is 111 cm³/mol. The van der Waals surface area contributed by atoms with Crippen LogP contribution in [0.1, 0.15) is 44.9 Å². The average molecular weight is 395 g/mol. The number of carbonyl (C=O) groups is 1. The Kier molecular flexibility index (Phi) is 5.00. The van der Waals surface area contributed by atoms with Gasteiger partial charge in [-0.15, -0.1) is 11.3 Å². The van der Waals surface area contributed by atoms with Crippen molar-refractivity contribution >= 4 is 28.5 Å². The van der Waals surface area contributed by atoms with Gasteiger partial charge in [-0.3, -0.25) is 9.89 Å². The number of aryl methyl sites for hydroxylation is 2. The fourth-order valence-electron chi connectivity index (χ4n) is 3.55. The Bertz CT molecular complexity index is 1110. The van der Waals surface area contributed by atoms with E-state index in [1.54, 1.807) is 6.21 Å². The van der Waals surface area contributed by atoms with Crippen LogP contribution in [0.5, 0.6) is 0 Å². The monoisotopic (exact) mass is 395 g/mol. The maximum absolute atomic E-state index is 12.8. The number of hydrogen-bond donors (Lipinski definition) is 1. The first-order chi connectivity index (χ1) is 13.6. The van der Waals surface area contributed by atoms with E-state index in [4.69, 9.17) is 4.74 Å². The molecule has 7 heteroatoms. The molecule has 0 atom stereocenters. The molecule has 0 unspecified atom stereocenters. The molecule has 2 heterocycles. The third kappa shape index (κ3) is 3.22. The van der Waals surface area contributed by atoms with Crippen LogP contribution in [0.15, 0.2) is 40.1 Å². The van der Waals surface area contributed by atoms with Crippen molar-refractivity contribution in [1.29, 1.82) is 0 Å². The summed E-state index contributed by atoms with van der Waals surface area (Å²) < 4.78 is 6.48. The fraction of sp³-hybridized carbons (Fsp3) is 0.286. The van der Waals surface area contributed by atoms with Gasteiger partial charge in [-0.2, -0.15) is 0 Å². The summed E-state index contributed by atoms with van der Waals surface area (Å²) in [6.07, 6.45) is 5.57. The van der Waals surface area contributed by atoms with Gasteiger partial charge in [0.25, 0.3) is 5.56 Å². The summed E-state index contributed by atoms with van der Waals surface area (Å²) in [4.78, 5) is 30.9. The van der Waals surface area contributed by atoms with Crippen molar-refractivity contribution in [3.8, 4) is 5.69 Å². The number of rotatable bonds is 4. The Labute approximate surface area is 166 Å². The minimum atomic E-state index is -0.362. The maximum Gasteiger partial charge on any atom is 0.341 e. The van der Waals surface area contributed by atoms with E-state index in [0.29, 0.717) is 16.1 Å². The van der Waals surface area contributed by atoms with Gasteiger partial charge in [0.1, 0.15) is 5.00 Å². The summed E-state index contributed by atoms with van der Waals surface area (Å²) in [5.41, 5.74) is 3.40. The molecule has 0 amide bonds. The summed E-state index contributed by atoms with van der Waals surface area (Å²) in [6.45, 7) is 1.84. The topological polar surface area (TPSA) is 76.4 Å². The maximum atomic E-state index is 12.8. The van der Waals surface area contributed by atoms with Crippen LogP contribution in [0.3, 0.4) is 0 Å². The Morgan fingerprint density at radius 1 is 1.25 bits per heavy atom. The number of esters is 1. The Morgan fingerprint density at radius 2 is 2.00 bits per heavy atom. The molecule has 0 spiro atoms. The van der Waals surface area contributed by atoms with E-state index >= 15 is 0 Å². The quantitative estimate of drug-likeness (QED) is 0.537. The number of hydrogen-bond acceptors (Lipinski definition) is 5. The van der Waals surface area contributed by atoms with Crippen LogP contribution in [0, 0.1) is 6.92 Å². The number of thiophene rings is 1. The lowest BCUT2D eigenvalue weighted by atomic mass is 9.95. The van der Waals surface area contributed by atoms with E-state index in [1.165, 1.54) is 28.0 Å². The van der Waals surface area contributed by atoms with Crippen LogP contribution in [-0.4, -0.2) is 29.1 Å². The molecule has 0 fully saturated rings. The second kappa shape index (κ2) is 7.59. The van der Waals surface area contributed by atoms with Crippen molar-refractivity contribution < 1.29 is 9.53 Å². The van der Waals surface area contributed by atoms with Gasteiger partial charge in [-0.25, -0.2) is 14.5 Å². The number of nitrogens with zero attached hydrogens (tertiary/aromatic N) is 2. The smallest absolute Gasteiger partial charge is 0.341 e. The van der Waals surface area contributed by atoms with E-state index in [1.807, 2.05) is 37.3 Å². The average Bonchev–Trinajstić information content (AvgIpc) is 3.23. The lowest BCUT2D eigenvalue weighted by Gasteiger charge is -2.11. The minimum Gasteiger partial charge on any atom is -0.465 e. The molecule has 6 nitrogen and oxygen atoms in total. The van der Waals surface area contributed by atoms with Gasteiger partial charge in [-0.05, 0) is 50.3 Å². The highest BCUT2D eigenvalue weighted by molar-refractivity contribution is 7.16. The minimum absolute atomic E-state index is 0.173. The first-order valence-electron chi connectivity index (χ1n) is 9.24. The molecule has 0 saturated carbocycles. The Hall–Kier alpha value is -2.93. The van der Waals surface area contributed by atoms with Gasteiger partial charge in [0.15, 0.2) is 0 Å². The highest BCUT2D eigenvalue weighted by atomic mass is 32.1. The number of aliphatic imine (C=N–C) groups is 1. The molecule has 1 aliphatic rings. The van der Waals surface area contributed by atoms with E-state index < -0.39 is 0 Å². The third-order valence-electron chi connectivity index (χ3n) is 4.98. The van der Waals surface area contributed by atoms with Crippen LogP contribution < -0.4 is 5.56 Å². The van der Waals surface area contributed by atoms with E-state index in [2.05, 4.69) is 10.1 Å². The van der Waals surface area contributed by atoms with E-state index in [-0.39, 0.29) is 11.5 Å². The number of methoxy groups -OCH3 is 1. The van der Waals surface area contributed by atoms with Crippen molar-refractivity contribution in [2.45, 2.75) is 32.6 Å². The van der Waals surface area contributed by atoms with Crippen molar-refractivity contribution in [3.05, 3.63) is 67.9 Å². The molecule has 1 aliphatic carbocycles. The standard InChI is InChI=1S/C21H21N3O3S/c1-13-16(20(25)24(23-13)14-8-4-3-5-9-14)12-22-19-18(21(26)27-2)15-10-6-7-11-17(15)28-19/h3-5,8-9,12,23H,6-7,10-11H2,1-2H3/b22-12+. The van der Waals surface area contributed by atoms with E-state index in [0.717, 1.165) is 42.6 Å². The number of carbonyl (C=O) groups excluding carboxylic acids is 1. The second-order valence-corrected chi connectivity index (χ2v) is 7.85. The molecule has 0 saturated heterocycles. The number of aromatic amines is 1. The van der Waals surface area contributed by atoms with Gasteiger partial charge in [0.05, 0.1) is 23.9 Å². The highest BCUT2D eigenvalue weighted by Crippen LogP contribution is 2.40. The summed E-state index contributed by atoms with van der Waals surface area (Å²) >= 11 is 1.52. The molecule has 0 bridgehead atoms. The first kappa shape index (κ1) is 18.4. The van der Waals surface area contributed by atoms with Gasteiger partial charge in [-0.1, -0.05) is 18.2 Å². The molecule has 1 N–H and O–H groups in total. The van der Waals surface area contributed by atoms with Gasteiger partial charge < -0.3 is 4.74 Å². The molecular weight excluding hydrogens is 374 g/mol. The molecular formula is C21H21N3O3S. The van der Waals surface area contributed by atoms with Gasteiger partial charge >= 0.3 is 5.97 Å². The molecule has 1 aromatic carbocycles. The zero-order valence-corrected chi connectivity index (χ0v) is 16.6. The van der Waals surface area contributed by atoms with Crippen LogP contribution in [0.25, 0.3) is 5.69 Å². The summed E-state index contributed by atoms with van der Waals surface area (Å²) in [5, 5.41) is 3.70. The largest absolute Gasteiger partial charge is 0.465 e. The van der Waals surface area contributed by atoms with Crippen LogP contribution in [-0.2, 0) is 17.6 Å². The highest BCUT2D eigenvalue weighted by Gasteiger charge is 2.25. The lowest BCUT2D eigenvalue weighted by molar-refractivity contribution is 0.0601. The number of fused-ring (bicyclic) bond motifs is 1. The number of para-hydroxylation sites is 1. The fourth-order valence-corrected chi connectivity index (χ4v) is 4.77. The van der Waals surface area contributed by atoms with Crippen molar-refractivity contribution in [1.82, 2.24) is 9.78 Å². The number of nitrogens with one attached hydrogen (secondary N) is 1. The van der Waals surface area contributed by atoms with Crippen LogP contribution >= 0.6 is 11.3 Å². The predicted octanol–water partition coefficient (Wildman–Crippen LogP) is 3.95. The molecule has 3 aromatic rings. The number of ether oxygens (including phenoxy) is 1. The Morgan fingerprint density at radius 3 is 2.75 bits per heavy atom. The second-order valence-electron chi connectivity index (χ2n) is 6.77. The summed E-state index contributed by atoms with van der Waals surface area (Å²) in [5.74, 6) is -0.362. The van der Waals surface area contributed by atoms with Crippen LogP contribution in [0.4, 0.5) is 5.00 Å². The molecule has 0 radical (unpaired) electrons. The summed E-state index contributed by atoms with van der Waals surface area (Å²) in [7, 11) is 1.39. The number of H-pyrrole nitrogens is 1. The molecule has 2 aromatic heterocycles. The van der Waals surface area contributed by atoms with Crippen LogP contribution in [0.2, 0.25) is 0 Å². The molecule has 0 aliphatic heterocycles. The SMILES string of the molecule is COC(=O)c1c(/N=C/c2c(C)[nH]n(-c3ccccc3)c2=O)sc2c1CCCC2. The Balaban J connectivity index is 1.75. The summed E-state index contributed by atoms with van der Waals surface area (Å²) in [6, 6.07) is 9.39. The molecule has 28 heavy (non-hydrogen) atoms. The first-order valence-corrected chi connectivity index (χ1v) is 10.1. The lowest BCUT2D eigenvalue weighted by Crippen LogP contribution is -2.17. The van der Waals surface area contributed by atoms with E-state index in [9.17, 15) is 9.59 Å². The number of benzene rings is 1. The van der Waals surface area contributed by atoms with Crippen molar-refractivity contribution in [2.24, 2.45) is 4.99 Å². The molecule has 144 valence electrons. The van der Waals surface area contributed by atoms with Crippen molar-refractivity contribution in [3.63, 3.8) is 0 Å². The zero-order chi connectivity index (χ0) is 19.7. The number of aromatic nitrogens is 2. The van der Waals surface area contributed by atoms with Gasteiger partial charge in [0.2, 0.25) is 0 Å². The normalized spacial score (nSPS) is 13.6. The van der Waals surface area contributed by atoms with Crippen molar-refractivity contribution in [2.75, 3.05) is 7.11 Å². The third-order valence-corrected chi connectivity index (χ3v) is 6.18. The van der Waals surface area contributed by atoms with Gasteiger partial charge in [0, 0.05) is 16.8 Å². The molecule has 4 rings (SSSR count).